The van der Waals surface area contributed by atoms with E-state index in [4.69, 9.17) is 10.5 Å². The fourth-order valence-corrected chi connectivity index (χ4v) is 2.13. The normalized spacial score (nSPS) is 10.9. The van der Waals surface area contributed by atoms with Crippen LogP contribution in [0, 0.1) is 5.82 Å². The number of nitrogens with zero attached hydrogens (tertiary/aromatic N) is 3. The SMILES string of the molecule is COc1cc(Cn2c(N)nc3cc(F)ccc32)ccn1. The van der Waals surface area contributed by atoms with Gasteiger partial charge in [0.15, 0.2) is 0 Å². The Bertz CT molecular complexity index is 769. The van der Waals surface area contributed by atoms with Crippen LogP contribution in [-0.4, -0.2) is 21.6 Å². The number of imidazole rings is 1. The van der Waals surface area contributed by atoms with Gasteiger partial charge >= 0.3 is 0 Å². The number of halogens is 1. The molecule has 0 atom stereocenters. The van der Waals surface area contributed by atoms with Gasteiger partial charge in [0.05, 0.1) is 24.7 Å². The number of benzene rings is 1. The molecule has 0 spiro atoms. The first-order valence-electron chi connectivity index (χ1n) is 6.07. The second-order valence-electron chi connectivity index (χ2n) is 4.40. The molecule has 0 saturated carbocycles. The number of anilines is 1. The molecule has 3 aromatic rings. The lowest BCUT2D eigenvalue weighted by atomic mass is 10.2. The molecular weight excluding hydrogens is 259 g/mol. The number of pyridine rings is 1. The number of fused-ring (bicyclic) bond motifs is 1. The predicted octanol–water partition coefficient (Wildman–Crippen LogP) is 2.21. The lowest BCUT2D eigenvalue weighted by Gasteiger charge is -2.07. The van der Waals surface area contributed by atoms with Crippen molar-refractivity contribution in [3.05, 3.63) is 47.9 Å². The van der Waals surface area contributed by atoms with Gasteiger partial charge in [-0.15, -0.1) is 0 Å². The van der Waals surface area contributed by atoms with Crippen LogP contribution in [0.1, 0.15) is 5.56 Å². The highest BCUT2D eigenvalue weighted by Crippen LogP contribution is 2.21. The van der Waals surface area contributed by atoms with E-state index in [-0.39, 0.29) is 5.82 Å². The van der Waals surface area contributed by atoms with Crippen LogP contribution in [0.5, 0.6) is 5.88 Å². The minimum absolute atomic E-state index is 0.326. The molecule has 0 saturated heterocycles. The maximum atomic E-state index is 13.2. The van der Waals surface area contributed by atoms with Crippen molar-refractivity contribution < 1.29 is 9.13 Å². The van der Waals surface area contributed by atoms with Crippen molar-refractivity contribution in [2.45, 2.75) is 6.54 Å². The smallest absolute Gasteiger partial charge is 0.213 e. The van der Waals surface area contributed by atoms with E-state index in [1.54, 1.807) is 19.4 Å². The molecule has 6 heteroatoms. The lowest BCUT2D eigenvalue weighted by molar-refractivity contribution is 0.397. The summed E-state index contributed by atoms with van der Waals surface area (Å²) in [6, 6.07) is 8.14. The van der Waals surface area contributed by atoms with E-state index < -0.39 is 0 Å². The van der Waals surface area contributed by atoms with Crippen molar-refractivity contribution in [1.82, 2.24) is 14.5 Å². The standard InChI is InChI=1S/C14H13FN4O/c1-20-13-6-9(4-5-17-13)8-19-12-3-2-10(15)7-11(12)18-14(19)16/h2-7H,8H2,1H3,(H2,16,18). The Morgan fingerprint density at radius 1 is 1.30 bits per heavy atom. The minimum atomic E-state index is -0.326. The molecule has 3 rings (SSSR count). The summed E-state index contributed by atoms with van der Waals surface area (Å²) in [4.78, 5) is 8.22. The van der Waals surface area contributed by atoms with Gasteiger partial charge < -0.3 is 15.0 Å². The topological polar surface area (TPSA) is 66.0 Å². The van der Waals surface area contributed by atoms with E-state index in [9.17, 15) is 4.39 Å². The Kier molecular flexibility index (Phi) is 2.98. The fraction of sp³-hybridized carbons (Fsp3) is 0.143. The number of aromatic nitrogens is 3. The van der Waals surface area contributed by atoms with Crippen LogP contribution >= 0.6 is 0 Å². The fourth-order valence-electron chi connectivity index (χ4n) is 2.13. The summed E-state index contributed by atoms with van der Waals surface area (Å²) in [6.07, 6.45) is 1.67. The van der Waals surface area contributed by atoms with E-state index in [1.807, 2.05) is 16.7 Å². The number of rotatable bonds is 3. The summed E-state index contributed by atoms with van der Waals surface area (Å²) in [5, 5.41) is 0. The first kappa shape index (κ1) is 12.4. The van der Waals surface area contributed by atoms with Crippen molar-refractivity contribution >= 4 is 17.0 Å². The van der Waals surface area contributed by atoms with Crippen molar-refractivity contribution in [1.29, 1.82) is 0 Å². The Balaban J connectivity index is 2.03. The molecule has 5 nitrogen and oxygen atoms in total. The Morgan fingerprint density at radius 3 is 2.95 bits per heavy atom. The predicted molar refractivity (Wildman–Crippen MR) is 74.0 cm³/mol. The van der Waals surface area contributed by atoms with E-state index in [0.29, 0.717) is 23.9 Å². The average molecular weight is 272 g/mol. The molecule has 1 aromatic carbocycles. The summed E-state index contributed by atoms with van der Waals surface area (Å²) in [7, 11) is 1.57. The van der Waals surface area contributed by atoms with Crippen molar-refractivity contribution in [3.8, 4) is 5.88 Å². The summed E-state index contributed by atoms with van der Waals surface area (Å²) in [6.45, 7) is 0.521. The molecular formula is C14H13FN4O. The Hall–Kier alpha value is -2.63. The molecule has 20 heavy (non-hydrogen) atoms. The molecule has 0 aliphatic carbocycles. The van der Waals surface area contributed by atoms with Gasteiger partial charge in [-0.3, -0.25) is 0 Å². The number of nitrogen functional groups attached to an aromatic ring is 1. The molecule has 2 N–H and O–H groups in total. The quantitative estimate of drug-likeness (QED) is 0.794. The summed E-state index contributed by atoms with van der Waals surface area (Å²) in [5.41, 5.74) is 8.22. The van der Waals surface area contributed by atoms with Crippen LogP contribution in [0.4, 0.5) is 10.3 Å². The maximum absolute atomic E-state index is 13.2. The number of nitrogens with two attached hydrogens (primary N) is 1. The largest absolute Gasteiger partial charge is 0.481 e. The zero-order valence-corrected chi connectivity index (χ0v) is 10.9. The maximum Gasteiger partial charge on any atom is 0.213 e. The lowest BCUT2D eigenvalue weighted by Crippen LogP contribution is -2.05. The third-order valence-corrected chi connectivity index (χ3v) is 3.09. The summed E-state index contributed by atoms with van der Waals surface area (Å²) >= 11 is 0. The molecule has 0 radical (unpaired) electrons. The second-order valence-corrected chi connectivity index (χ2v) is 4.40. The van der Waals surface area contributed by atoms with Gasteiger partial charge in [-0.1, -0.05) is 0 Å². The van der Waals surface area contributed by atoms with Gasteiger partial charge in [0.25, 0.3) is 0 Å². The van der Waals surface area contributed by atoms with Gasteiger partial charge in [0, 0.05) is 18.3 Å². The number of methoxy groups -OCH3 is 1. The van der Waals surface area contributed by atoms with Gasteiger partial charge in [0.2, 0.25) is 11.8 Å². The van der Waals surface area contributed by atoms with Gasteiger partial charge in [-0.25, -0.2) is 14.4 Å². The third kappa shape index (κ3) is 2.16. The second kappa shape index (κ2) is 4.80. The highest BCUT2D eigenvalue weighted by Gasteiger charge is 2.09. The molecule has 0 fully saturated rings. The van der Waals surface area contributed by atoms with Crippen LogP contribution in [0.2, 0.25) is 0 Å². The van der Waals surface area contributed by atoms with E-state index in [1.165, 1.54) is 12.1 Å². The summed E-state index contributed by atoms with van der Waals surface area (Å²) < 4.78 is 20.1. The highest BCUT2D eigenvalue weighted by atomic mass is 19.1. The van der Waals surface area contributed by atoms with Crippen LogP contribution in [-0.2, 0) is 6.54 Å². The third-order valence-electron chi connectivity index (χ3n) is 3.09. The van der Waals surface area contributed by atoms with Gasteiger partial charge in [-0.05, 0) is 23.8 Å². The number of ether oxygens (including phenoxy) is 1. The minimum Gasteiger partial charge on any atom is -0.481 e. The Labute approximate surface area is 114 Å². The van der Waals surface area contributed by atoms with Crippen LogP contribution < -0.4 is 10.5 Å². The zero-order chi connectivity index (χ0) is 14.1. The molecule has 2 aromatic heterocycles. The van der Waals surface area contributed by atoms with Crippen molar-refractivity contribution in [2.24, 2.45) is 0 Å². The molecule has 0 aliphatic heterocycles. The highest BCUT2D eigenvalue weighted by molar-refractivity contribution is 5.78. The van der Waals surface area contributed by atoms with E-state index in [0.717, 1.165) is 11.1 Å². The van der Waals surface area contributed by atoms with Crippen LogP contribution in [0.25, 0.3) is 11.0 Å². The molecule has 0 aliphatic rings. The van der Waals surface area contributed by atoms with Gasteiger partial charge in [-0.2, -0.15) is 0 Å². The average Bonchev–Trinajstić information content (AvgIpc) is 2.74. The summed E-state index contributed by atoms with van der Waals surface area (Å²) in [5.74, 6) is 0.561. The first-order valence-corrected chi connectivity index (χ1v) is 6.07. The molecule has 0 amide bonds. The number of hydrogen-bond donors (Lipinski definition) is 1. The van der Waals surface area contributed by atoms with Crippen LogP contribution in [0.15, 0.2) is 36.5 Å². The zero-order valence-electron chi connectivity index (χ0n) is 10.9. The molecule has 2 heterocycles. The van der Waals surface area contributed by atoms with Crippen molar-refractivity contribution in [2.75, 3.05) is 12.8 Å². The molecule has 102 valence electrons. The Morgan fingerprint density at radius 2 is 2.15 bits per heavy atom. The molecule has 0 bridgehead atoms. The van der Waals surface area contributed by atoms with Crippen LogP contribution in [0.3, 0.4) is 0 Å². The monoisotopic (exact) mass is 272 g/mol. The van der Waals surface area contributed by atoms with Gasteiger partial charge in [0.1, 0.15) is 5.82 Å². The van der Waals surface area contributed by atoms with E-state index >= 15 is 0 Å². The molecule has 0 unspecified atom stereocenters. The van der Waals surface area contributed by atoms with Crippen molar-refractivity contribution in [3.63, 3.8) is 0 Å². The first-order chi connectivity index (χ1) is 9.67. The number of hydrogen-bond acceptors (Lipinski definition) is 4. The van der Waals surface area contributed by atoms with E-state index in [2.05, 4.69) is 9.97 Å².